The zero-order valence-corrected chi connectivity index (χ0v) is 9.37. The van der Waals surface area contributed by atoms with Crippen molar-refractivity contribution in [1.82, 2.24) is 20.4 Å². The molecule has 0 radical (unpaired) electrons. The number of hydrogen-bond donors (Lipinski definition) is 2. The number of urea groups is 1. The predicted octanol–water partition coefficient (Wildman–Crippen LogP) is -1.17. The molecule has 2 fully saturated rings. The van der Waals surface area contributed by atoms with Crippen molar-refractivity contribution in [2.24, 2.45) is 0 Å². The van der Waals surface area contributed by atoms with Gasteiger partial charge in [-0.05, 0) is 19.5 Å². The molecular formula is C10H18N4O2. The smallest absolute Gasteiger partial charge is 0.324 e. The van der Waals surface area contributed by atoms with Crippen molar-refractivity contribution in [1.29, 1.82) is 0 Å². The first-order valence-corrected chi connectivity index (χ1v) is 5.78. The van der Waals surface area contributed by atoms with Crippen LogP contribution in [0, 0.1) is 0 Å². The Morgan fingerprint density at radius 1 is 1.12 bits per heavy atom. The van der Waals surface area contributed by atoms with Crippen molar-refractivity contribution in [2.45, 2.75) is 6.42 Å². The highest BCUT2D eigenvalue weighted by atomic mass is 16.2. The second-order valence-electron chi connectivity index (χ2n) is 4.15. The van der Waals surface area contributed by atoms with E-state index in [2.05, 4.69) is 15.5 Å². The first-order chi connectivity index (χ1) is 7.77. The third-order valence-corrected chi connectivity index (χ3v) is 3.01. The van der Waals surface area contributed by atoms with Crippen molar-refractivity contribution >= 4 is 11.9 Å². The molecule has 2 rings (SSSR count). The van der Waals surface area contributed by atoms with Crippen LogP contribution in [0.4, 0.5) is 4.79 Å². The summed E-state index contributed by atoms with van der Waals surface area (Å²) in [6.07, 6.45) is 1.13. The summed E-state index contributed by atoms with van der Waals surface area (Å²) < 4.78 is 0. The highest BCUT2D eigenvalue weighted by molar-refractivity contribution is 6.01. The zero-order chi connectivity index (χ0) is 11.4. The molecule has 0 saturated carbocycles. The molecule has 2 saturated heterocycles. The minimum absolute atomic E-state index is 0.113. The molecule has 0 aromatic carbocycles. The van der Waals surface area contributed by atoms with E-state index in [0.717, 1.165) is 39.1 Å². The van der Waals surface area contributed by atoms with Crippen LogP contribution in [-0.4, -0.2) is 67.6 Å². The third-order valence-electron chi connectivity index (χ3n) is 3.01. The summed E-state index contributed by atoms with van der Waals surface area (Å²) in [5.41, 5.74) is 0. The van der Waals surface area contributed by atoms with Gasteiger partial charge in [0.05, 0.1) is 6.54 Å². The van der Waals surface area contributed by atoms with E-state index in [1.165, 1.54) is 4.90 Å². The van der Waals surface area contributed by atoms with Gasteiger partial charge in [-0.15, -0.1) is 0 Å². The van der Waals surface area contributed by atoms with Gasteiger partial charge in [-0.1, -0.05) is 0 Å². The fourth-order valence-electron chi connectivity index (χ4n) is 2.05. The van der Waals surface area contributed by atoms with Crippen LogP contribution in [0.1, 0.15) is 6.42 Å². The molecule has 2 aliphatic rings. The SMILES string of the molecule is O=C1CNC(=O)N1CCN1CCCNCC1. The lowest BCUT2D eigenvalue weighted by atomic mass is 10.4. The number of hydrogen-bond acceptors (Lipinski definition) is 4. The molecule has 2 heterocycles. The van der Waals surface area contributed by atoms with Crippen LogP contribution in [0.15, 0.2) is 0 Å². The summed E-state index contributed by atoms with van der Waals surface area (Å²) in [4.78, 5) is 26.2. The van der Waals surface area contributed by atoms with Gasteiger partial charge in [-0.25, -0.2) is 4.79 Å². The van der Waals surface area contributed by atoms with Gasteiger partial charge >= 0.3 is 6.03 Å². The van der Waals surface area contributed by atoms with Crippen molar-refractivity contribution in [2.75, 3.05) is 45.8 Å². The molecule has 6 heteroatoms. The monoisotopic (exact) mass is 226 g/mol. The van der Waals surface area contributed by atoms with E-state index in [0.29, 0.717) is 6.54 Å². The summed E-state index contributed by atoms with van der Waals surface area (Å²) in [5.74, 6) is -0.113. The van der Waals surface area contributed by atoms with Crippen molar-refractivity contribution < 1.29 is 9.59 Å². The Morgan fingerprint density at radius 3 is 2.75 bits per heavy atom. The lowest BCUT2D eigenvalue weighted by Gasteiger charge is -2.21. The fourth-order valence-corrected chi connectivity index (χ4v) is 2.05. The molecule has 6 nitrogen and oxygen atoms in total. The molecule has 16 heavy (non-hydrogen) atoms. The van der Waals surface area contributed by atoms with E-state index < -0.39 is 0 Å². The summed E-state index contributed by atoms with van der Waals surface area (Å²) in [5, 5.41) is 5.85. The Hall–Kier alpha value is -1.14. The van der Waals surface area contributed by atoms with Crippen LogP contribution >= 0.6 is 0 Å². The van der Waals surface area contributed by atoms with Gasteiger partial charge in [0.15, 0.2) is 0 Å². The summed E-state index contributed by atoms with van der Waals surface area (Å²) in [7, 11) is 0. The minimum Gasteiger partial charge on any atom is -0.329 e. The molecule has 0 aromatic rings. The van der Waals surface area contributed by atoms with Crippen LogP contribution in [0.3, 0.4) is 0 Å². The second-order valence-corrected chi connectivity index (χ2v) is 4.15. The highest BCUT2D eigenvalue weighted by Gasteiger charge is 2.28. The van der Waals surface area contributed by atoms with E-state index in [1.807, 2.05) is 0 Å². The molecule has 90 valence electrons. The third kappa shape index (κ3) is 2.70. The molecular weight excluding hydrogens is 208 g/mol. The van der Waals surface area contributed by atoms with E-state index in [4.69, 9.17) is 0 Å². The lowest BCUT2D eigenvalue weighted by Crippen LogP contribution is -2.40. The predicted molar refractivity (Wildman–Crippen MR) is 59.0 cm³/mol. The van der Waals surface area contributed by atoms with E-state index in [1.54, 1.807) is 0 Å². The summed E-state index contributed by atoms with van der Waals surface area (Å²) in [6.45, 7) is 5.51. The topological polar surface area (TPSA) is 64.7 Å². The minimum atomic E-state index is -0.252. The molecule has 3 amide bonds. The van der Waals surface area contributed by atoms with Crippen LogP contribution < -0.4 is 10.6 Å². The molecule has 2 aliphatic heterocycles. The standard InChI is InChI=1S/C10H18N4O2/c15-9-8-12-10(16)14(9)7-6-13-4-1-2-11-3-5-13/h11H,1-8H2,(H,12,16). The quantitative estimate of drug-likeness (QED) is 0.595. The second kappa shape index (κ2) is 5.27. The Morgan fingerprint density at radius 2 is 2.00 bits per heavy atom. The number of carbonyl (C=O) groups is 2. The highest BCUT2D eigenvalue weighted by Crippen LogP contribution is 2.01. The maximum atomic E-state index is 11.3. The first-order valence-electron chi connectivity index (χ1n) is 5.78. The number of amides is 3. The van der Waals surface area contributed by atoms with Gasteiger partial charge in [-0.3, -0.25) is 9.69 Å². The van der Waals surface area contributed by atoms with Gasteiger partial charge < -0.3 is 15.5 Å². The molecule has 0 spiro atoms. The van der Waals surface area contributed by atoms with Crippen LogP contribution in [0.5, 0.6) is 0 Å². The van der Waals surface area contributed by atoms with Crippen LogP contribution in [0.25, 0.3) is 0 Å². The number of nitrogens with zero attached hydrogens (tertiary/aromatic N) is 2. The largest absolute Gasteiger partial charge is 0.329 e. The maximum absolute atomic E-state index is 11.3. The lowest BCUT2D eigenvalue weighted by molar-refractivity contribution is -0.125. The van der Waals surface area contributed by atoms with Gasteiger partial charge in [0.1, 0.15) is 0 Å². The molecule has 0 unspecified atom stereocenters. The van der Waals surface area contributed by atoms with Crippen molar-refractivity contribution in [3.05, 3.63) is 0 Å². The molecule has 0 atom stereocenters. The van der Waals surface area contributed by atoms with Crippen molar-refractivity contribution in [3.63, 3.8) is 0 Å². The Labute approximate surface area is 95.0 Å². The van der Waals surface area contributed by atoms with Gasteiger partial charge in [0.25, 0.3) is 0 Å². The first kappa shape index (κ1) is 11.3. The molecule has 0 bridgehead atoms. The number of carbonyl (C=O) groups excluding carboxylic acids is 2. The number of nitrogens with one attached hydrogen (secondary N) is 2. The summed E-state index contributed by atoms with van der Waals surface area (Å²) >= 11 is 0. The average molecular weight is 226 g/mol. The van der Waals surface area contributed by atoms with E-state index in [9.17, 15) is 9.59 Å². The fraction of sp³-hybridized carbons (Fsp3) is 0.800. The molecule has 2 N–H and O–H groups in total. The Bertz CT molecular complexity index is 258. The van der Waals surface area contributed by atoms with Crippen molar-refractivity contribution in [3.8, 4) is 0 Å². The van der Waals surface area contributed by atoms with Crippen LogP contribution in [-0.2, 0) is 4.79 Å². The Kier molecular flexibility index (Phi) is 3.74. The van der Waals surface area contributed by atoms with E-state index >= 15 is 0 Å². The molecule has 0 aliphatic carbocycles. The number of rotatable bonds is 3. The summed E-state index contributed by atoms with van der Waals surface area (Å²) in [6, 6.07) is -0.252. The molecule has 0 aromatic heterocycles. The van der Waals surface area contributed by atoms with Gasteiger partial charge in [0.2, 0.25) is 5.91 Å². The zero-order valence-electron chi connectivity index (χ0n) is 9.37. The van der Waals surface area contributed by atoms with Gasteiger partial charge in [0, 0.05) is 26.2 Å². The average Bonchev–Trinajstić information content (AvgIpc) is 2.51. The van der Waals surface area contributed by atoms with Gasteiger partial charge in [-0.2, -0.15) is 0 Å². The van der Waals surface area contributed by atoms with E-state index in [-0.39, 0.29) is 18.5 Å². The number of imide groups is 1. The normalized spacial score (nSPS) is 23.4. The Balaban J connectivity index is 1.77. The van der Waals surface area contributed by atoms with Crippen LogP contribution in [0.2, 0.25) is 0 Å². The maximum Gasteiger partial charge on any atom is 0.324 e.